The smallest absolute Gasteiger partial charge is 0.135 e. The second-order valence-electron chi connectivity index (χ2n) is 2.50. The van der Waals surface area contributed by atoms with E-state index in [-0.39, 0.29) is 5.75 Å². The van der Waals surface area contributed by atoms with Crippen molar-refractivity contribution in [1.82, 2.24) is 0 Å². The lowest BCUT2D eigenvalue weighted by Gasteiger charge is -2.09. The highest BCUT2D eigenvalue weighted by Gasteiger charge is 2.11. The molecule has 12 heavy (non-hydrogen) atoms. The van der Waals surface area contributed by atoms with Crippen LogP contribution in [0.4, 0.5) is 0 Å². The van der Waals surface area contributed by atoms with E-state index in [1.807, 2.05) is 0 Å². The highest BCUT2D eigenvalue weighted by Crippen LogP contribution is 2.34. The molecule has 0 aliphatic rings. The summed E-state index contributed by atoms with van der Waals surface area (Å²) in [4.78, 5) is 0. The van der Waals surface area contributed by atoms with Crippen molar-refractivity contribution in [2.24, 2.45) is 0 Å². The van der Waals surface area contributed by atoms with Crippen molar-refractivity contribution in [2.45, 2.75) is 13.0 Å². The Labute approximate surface area is 83.9 Å². The molecule has 1 aromatic carbocycles. The van der Waals surface area contributed by atoms with Crippen LogP contribution in [0.15, 0.2) is 16.6 Å². The minimum Gasteiger partial charge on any atom is -0.506 e. The normalized spacial score (nSPS) is 13.0. The number of rotatable bonds is 1. The lowest BCUT2D eigenvalue weighted by molar-refractivity contribution is 0.195. The van der Waals surface area contributed by atoms with Gasteiger partial charge in [0.1, 0.15) is 5.75 Å². The molecule has 1 aromatic rings. The van der Waals surface area contributed by atoms with Gasteiger partial charge in [-0.2, -0.15) is 0 Å². The Hall–Kier alpha value is -0.250. The Balaban J connectivity index is 3.28. The minimum absolute atomic E-state index is 0.0365. The fraction of sp³-hybridized carbons (Fsp3) is 0.250. The van der Waals surface area contributed by atoms with Gasteiger partial charge in [-0.25, -0.2) is 0 Å². The van der Waals surface area contributed by atoms with Gasteiger partial charge in [0.2, 0.25) is 0 Å². The van der Waals surface area contributed by atoms with Gasteiger partial charge in [0.15, 0.2) is 0 Å². The molecule has 0 aliphatic carbocycles. The van der Waals surface area contributed by atoms with Crippen LogP contribution >= 0.6 is 27.5 Å². The first-order valence-electron chi connectivity index (χ1n) is 3.38. The van der Waals surface area contributed by atoms with E-state index in [1.165, 1.54) is 6.07 Å². The van der Waals surface area contributed by atoms with Gasteiger partial charge in [0.25, 0.3) is 0 Å². The third-order valence-corrected chi connectivity index (χ3v) is 2.33. The zero-order valence-corrected chi connectivity index (χ0v) is 8.72. The number of hydrogen-bond donors (Lipinski definition) is 2. The van der Waals surface area contributed by atoms with Crippen LogP contribution in [-0.2, 0) is 0 Å². The summed E-state index contributed by atoms with van der Waals surface area (Å²) < 4.78 is 0.492. The third-order valence-electron chi connectivity index (χ3n) is 1.51. The molecule has 0 bridgehead atoms. The van der Waals surface area contributed by atoms with Gasteiger partial charge in [-0.1, -0.05) is 11.6 Å². The number of aliphatic hydroxyl groups is 1. The number of hydrogen-bond acceptors (Lipinski definition) is 2. The lowest BCUT2D eigenvalue weighted by Crippen LogP contribution is -1.91. The Morgan fingerprint density at radius 2 is 2.08 bits per heavy atom. The number of aliphatic hydroxyl groups excluding tert-OH is 1. The molecule has 0 spiro atoms. The second-order valence-corrected chi connectivity index (χ2v) is 3.79. The molecule has 0 fully saturated rings. The summed E-state index contributed by atoms with van der Waals surface area (Å²) in [6.45, 7) is 1.57. The summed E-state index contributed by atoms with van der Waals surface area (Å²) in [7, 11) is 0. The van der Waals surface area contributed by atoms with E-state index in [4.69, 9.17) is 11.6 Å². The molecule has 2 N–H and O–H groups in total. The van der Waals surface area contributed by atoms with Crippen molar-refractivity contribution >= 4 is 27.5 Å². The predicted molar refractivity (Wildman–Crippen MR) is 51.5 cm³/mol. The van der Waals surface area contributed by atoms with Crippen molar-refractivity contribution in [3.05, 3.63) is 27.2 Å². The second kappa shape index (κ2) is 3.64. The average molecular weight is 252 g/mol. The topological polar surface area (TPSA) is 40.5 Å². The van der Waals surface area contributed by atoms with Crippen LogP contribution < -0.4 is 0 Å². The van der Waals surface area contributed by atoms with Gasteiger partial charge in [-0.05, 0) is 35.0 Å². The maximum absolute atomic E-state index is 9.43. The van der Waals surface area contributed by atoms with Gasteiger partial charge in [-0.3, -0.25) is 0 Å². The number of phenolic OH excluding ortho intramolecular Hbond substituents is 1. The third kappa shape index (κ3) is 1.91. The maximum atomic E-state index is 9.43. The molecule has 0 saturated carbocycles. The zero-order valence-electron chi connectivity index (χ0n) is 6.38. The van der Waals surface area contributed by atoms with Gasteiger partial charge in [-0.15, -0.1) is 0 Å². The molecule has 0 aliphatic heterocycles. The van der Waals surface area contributed by atoms with E-state index < -0.39 is 6.10 Å². The molecule has 2 nitrogen and oxygen atoms in total. The van der Waals surface area contributed by atoms with Crippen molar-refractivity contribution < 1.29 is 10.2 Å². The predicted octanol–water partition coefficient (Wildman–Crippen LogP) is 2.86. The van der Waals surface area contributed by atoms with E-state index in [9.17, 15) is 10.2 Å². The summed E-state index contributed by atoms with van der Waals surface area (Å²) in [6, 6.07) is 3.11. The summed E-state index contributed by atoms with van der Waals surface area (Å²) >= 11 is 8.83. The highest BCUT2D eigenvalue weighted by atomic mass is 79.9. The molecule has 0 radical (unpaired) electrons. The van der Waals surface area contributed by atoms with Gasteiger partial charge in [0, 0.05) is 10.6 Å². The van der Waals surface area contributed by atoms with Gasteiger partial charge >= 0.3 is 0 Å². The Morgan fingerprint density at radius 1 is 1.50 bits per heavy atom. The number of aromatic hydroxyl groups is 1. The number of phenols is 1. The average Bonchev–Trinajstić information content (AvgIpc) is 1.96. The zero-order chi connectivity index (χ0) is 9.30. The van der Waals surface area contributed by atoms with E-state index in [0.29, 0.717) is 15.1 Å². The molecule has 0 heterocycles. The van der Waals surface area contributed by atoms with Gasteiger partial charge in [0.05, 0.1) is 10.6 Å². The summed E-state index contributed by atoms with van der Waals surface area (Å²) in [6.07, 6.45) is -0.722. The molecule has 0 amide bonds. The van der Waals surface area contributed by atoms with Crippen molar-refractivity contribution in [1.29, 1.82) is 0 Å². The summed E-state index contributed by atoms with van der Waals surface area (Å²) in [5.74, 6) is 0.0365. The van der Waals surface area contributed by atoms with Crippen LogP contribution in [0.2, 0.25) is 5.02 Å². The van der Waals surface area contributed by atoms with Crippen molar-refractivity contribution in [3.63, 3.8) is 0 Å². The lowest BCUT2D eigenvalue weighted by atomic mass is 10.1. The molecule has 0 aromatic heterocycles. The van der Waals surface area contributed by atoms with Crippen molar-refractivity contribution in [2.75, 3.05) is 0 Å². The quantitative estimate of drug-likeness (QED) is 0.806. The van der Waals surface area contributed by atoms with Crippen LogP contribution in [0.25, 0.3) is 0 Å². The summed E-state index contributed by atoms with van der Waals surface area (Å²) in [5, 5.41) is 19.1. The molecular weight excluding hydrogens is 243 g/mol. The van der Waals surface area contributed by atoms with Crippen LogP contribution in [0.1, 0.15) is 18.6 Å². The van der Waals surface area contributed by atoms with E-state index >= 15 is 0 Å². The highest BCUT2D eigenvalue weighted by molar-refractivity contribution is 9.10. The van der Waals surface area contributed by atoms with E-state index in [2.05, 4.69) is 15.9 Å². The van der Waals surface area contributed by atoms with Crippen LogP contribution in [0, 0.1) is 0 Å². The van der Waals surface area contributed by atoms with Crippen molar-refractivity contribution in [3.8, 4) is 5.75 Å². The monoisotopic (exact) mass is 250 g/mol. The van der Waals surface area contributed by atoms with Crippen LogP contribution in [-0.4, -0.2) is 10.2 Å². The fourth-order valence-electron chi connectivity index (χ4n) is 0.904. The first-order chi connectivity index (χ1) is 5.52. The number of halogens is 2. The SMILES string of the molecule is C[C@H](O)c1cc(Cl)cc(Br)c1O. The van der Waals surface area contributed by atoms with E-state index in [0.717, 1.165) is 0 Å². The maximum Gasteiger partial charge on any atom is 0.135 e. The van der Waals surface area contributed by atoms with E-state index in [1.54, 1.807) is 13.0 Å². The fourth-order valence-corrected chi connectivity index (χ4v) is 1.74. The Bertz CT molecular complexity index is 299. The first kappa shape index (κ1) is 9.84. The standard InChI is InChI=1S/C8H8BrClO2/c1-4(11)6-2-5(10)3-7(9)8(6)12/h2-4,11-12H,1H3/t4-/m0/s1. The molecule has 0 saturated heterocycles. The Morgan fingerprint density at radius 3 is 2.58 bits per heavy atom. The molecular formula is C8H8BrClO2. The van der Waals surface area contributed by atoms with Gasteiger partial charge < -0.3 is 10.2 Å². The minimum atomic E-state index is -0.722. The Kier molecular flexibility index (Phi) is 2.99. The molecule has 0 unspecified atom stereocenters. The van der Waals surface area contributed by atoms with Crippen LogP contribution in [0.3, 0.4) is 0 Å². The largest absolute Gasteiger partial charge is 0.506 e. The molecule has 1 rings (SSSR count). The van der Waals surface area contributed by atoms with Crippen LogP contribution in [0.5, 0.6) is 5.75 Å². The molecule has 4 heteroatoms. The molecule has 1 atom stereocenters. The molecule has 66 valence electrons. The summed E-state index contributed by atoms with van der Waals surface area (Å²) in [5.41, 5.74) is 0.425. The number of benzene rings is 1. The first-order valence-corrected chi connectivity index (χ1v) is 4.55.